The van der Waals surface area contributed by atoms with Gasteiger partial charge in [0.25, 0.3) is 0 Å². The molecule has 118 valence electrons. The van der Waals surface area contributed by atoms with E-state index in [4.69, 9.17) is 9.56 Å². The van der Waals surface area contributed by atoms with Crippen molar-refractivity contribution in [3.05, 3.63) is 66.4 Å². The van der Waals surface area contributed by atoms with Crippen molar-refractivity contribution in [3.8, 4) is 22.3 Å². The lowest BCUT2D eigenvalue weighted by molar-refractivity contribution is 0.569. The van der Waals surface area contributed by atoms with E-state index < -0.39 is 10.0 Å². The largest absolute Gasteiger partial charge is 0.471 e. The van der Waals surface area contributed by atoms with E-state index in [1.165, 1.54) is 24.3 Å². The van der Waals surface area contributed by atoms with Crippen LogP contribution < -0.4 is 5.14 Å². The van der Waals surface area contributed by atoms with Gasteiger partial charge in [-0.3, -0.25) is 0 Å². The lowest BCUT2D eigenvalue weighted by atomic mass is 9.96. The van der Waals surface area contributed by atoms with Gasteiger partial charge >= 0.3 is 0 Å². The maximum absolute atomic E-state index is 13.3. The summed E-state index contributed by atoms with van der Waals surface area (Å²) in [6, 6.07) is 10.7. The fourth-order valence-electron chi connectivity index (χ4n) is 2.48. The molecule has 0 fully saturated rings. The zero-order chi connectivity index (χ0) is 16.6. The fourth-order valence-corrected chi connectivity index (χ4v) is 3.00. The molecule has 0 aliphatic carbocycles. The molecule has 4 nitrogen and oxygen atoms in total. The summed E-state index contributed by atoms with van der Waals surface area (Å²) in [6.45, 7) is 1.82. The second-order valence-electron chi connectivity index (χ2n) is 5.23. The first-order chi connectivity index (χ1) is 10.9. The third-order valence-corrected chi connectivity index (χ3v) is 4.56. The van der Waals surface area contributed by atoms with Crippen LogP contribution in [0.4, 0.5) is 4.39 Å². The Hall–Kier alpha value is -2.44. The molecule has 0 bridgehead atoms. The standard InChI is InChI=1S/C17H14FNO3S/c1-11-8-13(18)4-7-15(11)17-10-22-9-16(17)12-2-5-14(6-3-12)23(19,20)21/h2-10H,1H3,(H2,19,20,21). The molecule has 0 unspecified atom stereocenters. The second kappa shape index (κ2) is 5.64. The fraction of sp³-hybridized carbons (Fsp3) is 0.0588. The lowest BCUT2D eigenvalue weighted by Crippen LogP contribution is -2.11. The number of hydrogen-bond acceptors (Lipinski definition) is 3. The number of hydrogen-bond donors (Lipinski definition) is 1. The lowest BCUT2D eigenvalue weighted by Gasteiger charge is -2.07. The highest BCUT2D eigenvalue weighted by Crippen LogP contribution is 2.35. The minimum atomic E-state index is -3.73. The third kappa shape index (κ3) is 3.04. The van der Waals surface area contributed by atoms with E-state index in [2.05, 4.69) is 0 Å². The summed E-state index contributed by atoms with van der Waals surface area (Å²) in [5, 5.41) is 5.10. The molecule has 0 aliphatic heterocycles. The van der Waals surface area contributed by atoms with Crippen LogP contribution in [0, 0.1) is 12.7 Å². The van der Waals surface area contributed by atoms with Crippen LogP contribution in [0.5, 0.6) is 0 Å². The van der Waals surface area contributed by atoms with Gasteiger partial charge in [-0.25, -0.2) is 17.9 Å². The van der Waals surface area contributed by atoms with Crippen LogP contribution in [-0.4, -0.2) is 8.42 Å². The van der Waals surface area contributed by atoms with Gasteiger partial charge in [0.15, 0.2) is 0 Å². The molecular formula is C17H14FNO3S. The first kappa shape index (κ1) is 15.5. The molecule has 2 N–H and O–H groups in total. The van der Waals surface area contributed by atoms with Gasteiger partial charge < -0.3 is 4.42 Å². The van der Waals surface area contributed by atoms with Crippen LogP contribution in [0.15, 0.2) is 64.3 Å². The summed E-state index contributed by atoms with van der Waals surface area (Å²) in [4.78, 5) is 0.0456. The van der Waals surface area contributed by atoms with Crippen molar-refractivity contribution in [1.82, 2.24) is 0 Å². The molecule has 3 rings (SSSR count). The number of aryl methyl sites for hydroxylation is 1. The third-order valence-electron chi connectivity index (χ3n) is 3.63. The van der Waals surface area contributed by atoms with Crippen LogP contribution >= 0.6 is 0 Å². The van der Waals surface area contributed by atoms with Crippen molar-refractivity contribution in [2.75, 3.05) is 0 Å². The number of sulfonamides is 1. The Kier molecular flexibility index (Phi) is 3.79. The van der Waals surface area contributed by atoms with Crippen molar-refractivity contribution in [1.29, 1.82) is 0 Å². The highest BCUT2D eigenvalue weighted by Gasteiger charge is 2.14. The highest BCUT2D eigenvalue weighted by atomic mass is 32.2. The van der Waals surface area contributed by atoms with E-state index in [0.29, 0.717) is 0 Å². The molecule has 0 radical (unpaired) electrons. The summed E-state index contributed by atoms with van der Waals surface area (Å²) < 4.78 is 41.2. The predicted octanol–water partition coefficient (Wildman–Crippen LogP) is 3.71. The van der Waals surface area contributed by atoms with E-state index >= 15 is 0 Å². The molecule has 2 aromatic carbocycles. The smallest absolute Gasteiger partial charge is 0.238 e. The monoisotopic (exact) mass is 331 g/mol. The van der Waals surface area contributed by atoms with Gasteiger partial charge in [-0.1, -0.05) is 18.2 Å². The van der Waals surface area contributed by atoms with Crippen molar-refractivity contribution < 1.29 is 17.2 Å². The maximum atomic E-state index is 13.3. The van der Waals surface area contributed by atoms with Crippen LogP contribution in [0.25, 0.3) is 22.3 Å². The van der Waals surface area contributed by atoms with Crippen molar-refractivity contribution in [3.63, 3.8) is 0 Å². The highest BCUT2D eigenvalue weighted by molar-refractivity contribution is 7.89. The maximum Gasteiger partial charge on any atom is 0.238 e. The van der Waals surface area contributed by atoms with Crippen LogP contribution in [0.2, 0.25) is 0 Å². The SMILES string of the molecule is Cc1cc(F)ccc1-c1cocc1-c1ccc(S(N)(=O)=O)cc1. The Bertz CT molecular complexity index is 960. The minimum absolute atomic E-state index is 0.0456. The van der Waals surface area contributed by atoms with Crippen molar-refractivity contribution in [2.45, 2.75) is 11.8 Å². The molecule has 23 heavy (non-hydrogen) atoms. The van der Waals surface area contributed by atoms with Crippen molar-refractivity contribution >= 4 is 10.0 Å². The van der Waals surface area contributed by atoms with Gasteiger partial charge in [0.05, 0.1) is 17.4 Å². The normalized spacial score (nSPS) is 11.6. The summed E-state index contributed by atoms with van der Waals surface area (Å²) in [6.07, 6.45) is 3.16. The summed E-state index contributed by atoms with van der Waals surface area (Å²) in [7, 11) is -3.73. The Balaban J connectivity index is 2.08. The van der Waals surface area contributed by atoms with E-state index in [9.17, 15) is 12.8 Å². The molecule has 0 saturated heterocycles. The number of primary sulfonamides is 1. The number of benzene rings is 2. The molecule has 1 heterocycles. The Morgan fingerprint density at radius 2 is 1.61 bits per heavy atom. The van der Waals surface area contributed by atoms with Gasteiger partial charge in [0.2, 0.25) is 10.0 Å². The molecule has 1 aromatic heterocycles. The number of nitrogens with two attached hydrogens (primary N) is 1. The van der Waals surface area contributed by atoms with E-state index in [0.717, 1.165) is 27.8 Å². The van der Waals surface area contributed by atoms with E-state index in [-0.39, 0.29) is 10.7 Å². The Labute approximate surface area is 133 Å². The van der Waals surface area contributed by atoms with Gasteiger partial charge in [-0.2, -0.15) is 0 Å². The number of halogens is 1. The van der Waals surface area contributed by atoms with Crippen molar-refractivity contribution in [2.24, 2.45) is 5.14 Å². The molecule has 0 spiro atoms. The van der Waals surface area contributed by atoms with Gasteiger partial charge in [0.1, 0.15) is 5.82 Å². The van der Waals surface area contributed by atoms with E-state index in [1.807, 2.05) is 6.92 Å². The summed E-state index contributed by atoms with van der Waals surface area (Å²) in [5.41, 5.74) is 4.02. The summed E-state index contributed by atoms with van der Waals surface area (Å²) in [5.74, 6) is -0.297. The minimum Gasteiger partial charge on any atom is -0.471 e. The zero-order valence-electron chi connectivity index (χ0n) is 12.3. The van der Waals surface area contributed by atoms with Crippen LogP contribution in [0.3, 0.4) is 0 Å². The molecular weight excluding hydrogens is 317 g/mol. The average molecular weight is 331 g/mol. The van der Waals surface area contributed by atoms with Crippen LogP contribution in [-0.2, 0) is 10.0 Å². The molecule has 0 aliphatic rings. The zero-order valence-corrected chi connectivity index (χ0v) is 13.1. The van der Waals surface area contributed by atoms with Gasteiger partial charge in [-0.05, 0) is 47.9 Å². The molecule has 6 heteroatoms. The van der Waals surface area contributed by atoms with Gasteiger partial charge in [0, 0.05) is 11.1 Å². The molecule has 0 saturated carbocycles. The first-order valence-electron chi connectivity index (χ1n) is 6.82. The summed E-state index contributed by atoms with van der Waals surface area (Å²) >= 11 is 0. The molecule has 0 amide bonds. The quantitative estimate of drug-likeness (QED) is 0.795. The first-order valence-corrected chi connectivity index (χ1v) is 8.37. The Morgan fingerprint density at radius 3 is 2.22 bits per heavy atom. The average Bonchev–Trinajstić information content (AvgIpc) is 2.95. The predicted molar refractivity (Wildman–Crippen MR) is 85.6 cm³/mol. The van der Waals surface area contributed by atoms with Crippen LogP contribution in [0.1, 0.15) is 5.56 Å². The second-order valence-corrected chi connectivity index (χ2v) is 6.79. The topological polar surface area (TPSA) is 73.3 Å². The van der Waals surface area contributed by atoms with E-state index in [1.54, 1.807) is 30.7 Å². The Morgan fingerprint density at radius 1 is 0.957 bits per heavy atom. The molecule has 0 atom stereocenters. The molecule has 3 aromatic rings. The number of rotatable bonds is 3. The van der Waals surface area contributed by atoms with Gasteiger partial charge in [-0.15, -0.1) is 0 Å². The number of furan rings is 1.